The fourth-order valence-electron chi connectivity index (χ4n) is 1.19. The molecule has 0 saturated heterocycles. The molecule has 0 aliphatic carbocycles. The molecule has 15 heavy (non-hydrogen) atoms. The van der Waals surface area contributed by atoms with Crippen LogP contribution in [-0.2, 0) is 0 Å². The quantitative estimate of drug-likeness (QED) is 0.577. The van der Waals surface area contributed by atoms with Crippen LogP contribution in [0.4, 0.5) is 0 Å². The van der Waals surface area contributed by atoms with Crippen LogP contribution in [0.3, 0.4) is 0 Å². The number of nitrogens with zero attached hydrogens (tertiary/aromatic N) is 3. The molecule has 5 heteroatoms. The van der Waals surface area contributed by atoms with Gasteiger partial charge in [0, 0.05) is 0 Å². The summed E-state index contributed by atoms with van der Waals surface area (Å²) < 4.78 is 0. The van der Waals surface area contributed by atoms with E-state index in [2.05, 4.69) is 23.3 Å². The number of rotatable bonds is 2. The van der Waals surface area contributed by atoms with Gasteiger partial charge in [0.15, 0.2) is 5.84 Å². The van der Waals surface area contributed by atoms with Gasteiger partial charge in [-0.3, -0.25) is 0 Å². The topological polar surface area (TPSA) is 54.0 Å². The highest BCUT2D eigenvalue weighted by molar-refractivity contribution is 6.65. The van der Waals surface area contributed by atoms with E-state index >= 15 is 0 Å². The van der Waals surface area contributed by atoms with Gasteiger partial charge >= 0.3 is 0 Å². The molecular formula is C10H13ClN4. The molecular weight excluding hydrogens is 212 g/mol. The minimum absolute atomic E-state index is 0.0838. The molecule has 0 bridgehead atoms. The molecule has 1 rings (SSSR count). The molecule has 1 aliphatic rings. The van der Waals surface area contributed by atoms with Crippen molar-refractivity contribution in [3.63, 3.8) is 0 Å². The van der Waals surface area contributed by atoms with Gasteiger partial charge in [-0.25, -0.2) is 5.01 Å². The van der Waals surface area contributed by atoms with Crippen LogP contribution in [0.5, 0.6) is 0 Å². The smallest absolute Gasteiger partial charge is 0.243 e. The Hall–Kier alpha value is -1.55. The normalized spacial score (nSPS) is 17.4. The molecule has 0 atom stereocenters. The predicted octanol–water partition coefficient (Wildman–Crippen LogP) is 2.16. The highest BCUT2D eigenvalue weighted by atomic mass is 35.5. The Morgan fingerprint density at radius 1 is 1.60 bits per heavy atom. The molecule has 80 valence electrons. The molecule has 1 heterocycles. The van der Waals surface area contributed by atoms with Crippen LogP contribution in [-0.4, -0.2) is 16.1 Å². The number of hydrazone groups is 1. The Balaban J connectivity index is 3.13. The summed E-state index contributed by atoms with van der Waals surface area (Å²) in [6.45, 7) is 11.4. The van der Waals surface area contributed by atoms with Crippen molar-refractivity contribution in [3.05, 3.63) is 36.2 Å². The molecule has 0 unspecified atom stereocenters. The van der Waals surface area contributed by atoms with E-state index in [1.165, 1.54) is 5.01 Å². The van der Waals surface area contributed by atoms with E-state index in [1.807, 2.05) is 19.9 Å². The number of hydrogen-bond donors (Lipinski definition) is 1. The Labute approximate surface area is 94.1 Å². The van der Waals surface area contributed by atoms with Gasteiger partial charge in [0.25, 0.3) is 0 Å². The largest absolute Gasteiger partial charge is 0.382 e. The van der Waals surface area contributed by atoms with E-state index in [0.717, 1.165) is 11.3 Å². The lowest BCUT2D eigenvalue weighted by Gasteiger charge is -2.26. The van der Waals surface area contributed by atoms with E-state index in [1.54, 1.807) is 0 Å². The summed E-state index contributed by atoms with van der Waals surface area (Å²) in [7, 11) is 0. The minimum Gasteiger partial charge on any atom is -0.382 e. The Kier molecular flexibility index (Phi) is 3.31. The number of amidine groups is 2. The summed E-state index contributed by atoms with van der Waals surface area (Å²) >= 11 is 5.72. The molecule has 0 aromatic heterocycles. The average molecular weight is 225 g/mol. The number of aliphatic imine (C=N–C) groups is 1. The third-order valence-corrected chi connectivity index (χ3v) is 2.05. The highest BCUT2D eigenvalue weighted by Gasteiger charge is 2.20. The van der Waals surface area contributed by atoms with Crippen molar-refractivity contribution in [1.29, 1.82) is 0 Å². The number of nitrogens with two attached hydrogens (primary N) is 1. The number of halogens is 1. The van der Waals surface area contributed by atoms with Gasteiger partial charge in [-0.15, -0.1) is 5.10 Å². The molecule has 0 fully saturated rings. The highest BCUT2D eigenvalue weighted by Crippen LogP contribution is 2.22. The van der Waals surface area contributed by atoms with Crippen molar-refractivity contribution in [2.45, 2.75) is 13.8 Å². The van der Waals surface area contributed by atoms with Gasteiger partial charge < -0.3 is 5.73 Å². The summed E-state index contributed by atoms with van der Waals surface area (Å²) in [4.78, 5) is 3.80. The van der Waals surface area contributed by atoms with Gasteiger partial charge in [-0.2, -0.15) is 4.99 Å². The lowest BCUT2D eigenvalue weighted by Crippen LogP contribution is -2.31. The van der Waals surface area contributed by atoms with E-state index < -0.39 is 0 Å². The van der Waals surface area contributed by atoms with E-state index in [4.69, 9.17) is 17.3 Å². The van der Waals surface area contributed by atoms with Gasteiger partial charge in [0.1, 0.15) is 5.70 Å². The van der Waals surface area contributed by atoms with Crippen molar-refractivity contribution in [1.82, 2.24) is 5.01 Å². The average Bonchev–Trinajstić information content (AvgIpc) is 2.13. The molecule has 2 N–H and O–H groups in total. The lowest BCUT2D eigenvalue weighted by atomic mass is 10.2. The molecule has 0 radical (unpaired) electrons. The van der Waals surface area contributed by atoms with E-state index in [9.17, 15) is 0 Å². The van der Waals surface area contributed by atoms with Crippen molar-refractivity contribution in [2.24, 2.45) is 15.8 Å². The predicted molar refractivity (Wildman–Crippen MR) is 64.5 cm³/mol. The second-order valence-corrected chi connectivity index (χ2v) is 3.42. The Morgan fingerprint density at radius 3 is 2.67 bits per heavy atom. The first-order chi connectivity index (χ1) is 6.97. The van der Waals surface area contributed by atoms with Crippen molar-refractivity contribution in [2.75, 3.05) is 0 Å². The number of allylic oxidation sites excluding steroid dienone is 2. The first kappa shape index (κ1) is 11.5. The van der Waals surface area contributed by atoms with E-state index in [-0.39, 0.29) is 11.1 Å². The first-order valence-electron chi connectivity index (χ1n) is 4.37. The van der Waals surface area contributed by atoms with Gasteiger partial charge in [0.2, 0.25) is 5.29 Å². The lowest BCUT2D eigenvalue weighted by molar-refractivity contribution is 0.482. The Bertz CT molecular complexity index is 404. The van der Waals surface area contributed by atoms with Crippen LogP contribution in [0.15, 0.2) is 46.3 Å². The van der Waals surface area contributed by atoms with Crippen LogP contribution < -0.4 is 5.73 Å². The number of hydrogen-bond acceptors (Lipinski definition) is 4. The van der Waals surface area contributed by atoms with Crippen molar-refractivity contribution in [3.8, 4) is 0 Å². The molecule has 0 saturated carbocycles. The molecule has 4 nitrogen and oxygen atoms in total. The third kappa shape index (κ3) is 2.27. The van der Waals surface area contributed by atoms with Crippen LogP contribution in [0.2, 0.25) is 0 Å². The van der Waals surface area contributed by atoms with Crippen LogP contribution in [0.25, 0.3) is 0 Å². The molecule has 0 spiro atoms. The zero-order valence-electron chi connectivity index (χ0n) is 8.79. The van der Waals surface area contributed by atoms with E-state index in [0.29, 0.717) is 5.70 Å². The monoisotopic (exact) mass is 224 g/mol. The van der Waals surface area contributed by atoms with Crippen molar-refractivity contribution >= 4 is 22.7 Å². The minimum atomic E-state index is 0.0838. The van der Waals surface area contributed by atoms with Gasteiger partial charge in [-0.05, 0) is 31.0 Å². The summed E-state index contributed by atoms with van der Waals surface area (Å²) in [5, 5.41) is 5.64. The maximum atomic E-state index is 5.72. The standard InChI is InChI=1S/C10H13ClN4/c1-5-8(6(2)3)15-7(4)9(12)13-10(11)14-15/h5H,2,4H2,1,3H3,(H2,12,13,14)/b8-5-. The second-order valence-electron chi connectivity index (χ2n) is 3.08. The van der Waals surface area contributed by atoms with Gasteiger partial charge in [0.05, 0.1) is 5.70 Å². The van der Waals surface area contributed by atoms with Crippen molar-refractivity contribution < 1.29 is 0 Å². The fourth-order valence-corrected chi connectivity index (χ4v) is 1.35. The maximum Gasteiger partial charge on any atom is 0.243 e. The molecule has 0 aromatic carbocycles. The summed E-state index contributed by atoms with van der Waals surface area (Å²) in [6, 6.07) is 0. The van der Waals surface area contributed by atoms with Crippen LogP contribution >= 0.6 is 11.6 Å². The van der Waals surface area contributed by atoms with Crippen LogP contribution in [0.1, 0.15) is 13.8 Å². The first-order valence-corrected chi connectivity index (χ1v) is 4.75. The third-order valence-electron chi connectivity index (χ3n) is 1.89. The van der Waals surface area contributed by atoms with Gasteiger partial charge in [-0.1, -0.05) is 19.2 Å². The fraction of sp³-hybridized carbons (Fsp3) is 0.200. The molecule has 0 amide bonds. The summed E-state index contributed by atoms with van der Waals surface area (Å²) in [5.74, 6) is 0.260. The second kappa shape index (κ2) is 4.31. The SMILES string of the molecule is C=C(C)/C(=C/C)N1N=C(Cl)N=C(N)C1=C. The zero-order valence-corrected chi connectivity index (χ0v) is 9.54. The summed E-state index contributed by atoms with van der Waals surface area (Å²) in [5.41, 5.74) is 7.78. The molecule has 0 aromatic rings. The zero-order chi connectivity index (χ0) is 11.6. The summed E-state index contributed by atoms with van der Waals surface area (Å²) in [6.07, 6.45) is 1.86. The Morgan fingerprint density at radius 2 is 2.20 bits per heavy atom. The van der Waals surface area contributed by atoms with Crippen LogP contribution in [0, 0.1) is 0 Å². The maximum absolute atomic E-state index is 5.72. The molecule has 1 aliphatic heterocycles.